The summed E-state index contributed by atoms with van der Waals surface area (Å²) in [6, 6.07) is 6.06. The number of anilines is 1. The Hall–Kier alpha value is -1.64. The molecule has 1 aromatic rings. The minimum Gasteiger partial charge on any atom is -0.444 e. The van der Waals surface area contributed by atoms with E-state index < -0.39 is 27.8 Å². The molecule has 0 aromatic heterocycles. The number of amides is 1. The Balaban J connectivity index is 2.13. The van der Waals surface area contributed by atoms with Crippen LogP contribution in [0.5, 0.6) is 0 Å². The summed E-state index contributed by atoms with van der Waals surface area (Å²) in [4.78, 5) is 11.9. The van der Waals surface area contributed by atoms with Gasteiger partial charge in [-0.1, -0.05) is 6.07 Å². The molecule has 1 aromatic carbocycles. The van der Waals surface area contributed by atoms with E-state index in [4.69, 9.17) is 4.74 Å². The fourth-order valence-corrected chi connectivity index (χ4v) is 3.90. The Morgan fingerprint density at radius 3 is 2.50 bits per heavy atom. The lowest BCUT2D eigenvalue weighted by Gasteiger charge is -2.28. The number of nitrogens with zero attached hydrogens (tertiary/aromatic N) is 1. The number of carbonyl (C=O) groups is 1. The van der Waals surface area contributed by atoms with Gasteiger partial charge in [-0.2, -0.15) is 4.31 Å². The highest BCUT2D eigenvalue weighted by molar-refractivity contribution is 7.89. The van der Waals surface area contributed by atoms with Crippen LogP contribution in [-0.4, -0.2) is 48.7 Å². The second-order valence-electron chi connectivity index (χ2n) is 6.79. The van der Waals surface area contributed by atoms with E-state index in [0.717, 1.165) is 0 Å². The molecule has 134 valence electrons. The van der Waals surface area contributed by atoms with Crippen molar-refractivity contribution in [2.45, 2.75) is 50.2 Å². The van der Waals surface area contributed by atoms with Crippen LogP contribution in [0, 0.1) is 0 Å². The second-order valence-corrected chi connectivity index (χ2v) is 8.73. The SMILES string of the molecule is CC(C)(C)OC(=O)Nc1cccc(S(=O)(=O)N2CCC(O)CC2)c1. The maximum atomic E-state index is 12.7. The molecule has 7 nitrogen and oxygen atoms in total. The molecule has 1 saturated heterocycles. The third-order valence-corrected chi connectivity index (χ3v) is 5.44. The van der Waals surface area contributed by atoms with Crippen LogP contribution in [0.25, 0.3) is 0 Å². The Morgan fingerprint density at radius 1 is 1.29 bits per heavy atom. The number of carbonyl (C=O) groups excluding carboxylic acids is 1. The molecule has 0 unspecified atom stereocenters. The van der Waals surface area contributed by atoms with Crippen LogP contribution in [0.4, 0.5) is 10.5 Å². The highest BCUT2D eigenvalue weighted by Gasteiger charge is 2.29. The number of sulfonamides is 1. The number of benzene rings is 1. The number of hydrogen-bond acceptors (Lipinski definition) is 5. The van der Waals surface area contributed by atoms with Gasteiger partial charge in [-0.3, -0.25) is 5.32 Å². The van der Waals surface area contributed by atoms with Gasteiger partial charge in [-0.05, 0) is 51.8 Å². The van der Waals surface area contributed by atoms with Gasteiger partial charge in [0.2, 0.25) is 10.0 Å². The standard InChI is InChI=1S/C16H24N2O5S/c1-16(2,3)23-15(20)17-12-5-4-6-14(11-12)24(21,22)18-9-7-13(19)8-10-18/h4-6,11,13,19H,7-10H2,1-3H3,(H,17,20). The van der Waals surface area contributed by atoms with E-state index in [-0.39, 0.29) is 18.0 Å². The van der Waals surface area contributed by atoms with Crippen molar-refractivity contribution in [3.05, 3.63) is 24.3 Å². The predicted octanol–water partition coefficient (Wildman–Crippen LogP) is 2.18. The van der Waals surface area contributed by atoms with Gasteiger partial charge in [-0.25, -0.2) is 13.2 Å². The fraction of sp³-hybridized carbons (Fsp3) is 0.562. The van der Waals surface area contributed by atoms with E-state index in [2.05, 4.69) is 5.32 Å². The minimum atomic E-state index is -3.65. The summed E-state index contributed by atoms with van der Waals surface area (Å²) in [6.07, 6.45) is -0.237. The van der Waals surface area contributed by atoms with Gasteiger partial charge in [-0.15, -0.1) is 0 Å². The molecule has 1 amide bonds. The van der Waals surface area contributed by atoms with Gasteiger partial charge in [0.15, 0.2) is 0 Å². The summed E-state index contributed by atoms with van der Waals surface area (Å²) < 4.78 is 31.8. The average Bonchev–Trinajstić information content (AvgIpc) is 2.46. The lowest BCUT2D eigenvalue weighted by Crippen LogP contribution is -2.40. The Kier molecular flexibility index (Phi) is 5.52. The molecule has 0 spiro atoms. The molecule has 1 aliphatic rings. The number of hydrogen-bond donors (Lipinski definition) is 2. The van der Waals surface area contributed by atoms with E-state index in [1.807, 2.05) is 0 Å². The van der Waals surface area contributed by atoms with Gasteiger partial charge in [0, 0.05) is 18.8 Å². The third-order valence-electron chi connectivity index (χ3n) is 3.54. The summed E-state index contributed by atoms with van der Waals surface area (Å²) >= 11 is 0. The molecule has 1 fully saturated rings. The minimum absolute atomic E-state index is 0.104. The molecule has 2 N–H and O–H groups in total. The first-order valence-corrected chi connectivity index (χ1v) is 9.30. The monoisotopic (exact) mass is 356 g/mol. The molecule has 0 radical (unpaired) electrons. The van der Waals surface area contributed by atoms with Crippen molar-refractivity contribution in [1.82, 2.24) is 4.31 Å². The largest absolute Gasteiger partial charge is 0.444 e. The normalized spacial score (nSPS) is 17.5. The van der Waals surface area contributed by atoms with Crippen molar-refractivity contribution < 1.29 is 23.1 Å². The van der Waals surface area contributed by atoms with Gasteiger partial charge in [0.1, 0.15) is 5.60 Å². The molecule has 1 heterocycles. The summed E-state index contributed by atoms with van der Waals surface area (Å²) in [7, 11) is -3.65. The molecular weight excluding hydrogens is 332 g/mol. The lowest BCUT2D eigenvalue weighted by atomic mass is 10.1. The summed E-state index contributed by atoms with van der Waals surface area (Å²) in [6.45, 7) is 5.81. The average molecular weight is 356 g/mol. The quantitative estimate of drug-likeness (QED) is 0.865. The van der Waals surface area contributed by atoms with E-state index >= 15 is 0 Å². The van der Waals surface area contributed by atoms with Crippen LogP contribution in [0.2, 0.25) is 0 Å². The van der Waals surface area contributed by atoms with Crippen LogP contribution in [0.3, 0.4) is 0 Å². The van der Waals surface area contributed by atoms with Gasteiger partial charge < -0.3 is 9.84 Å². The van der Waals surface area contributed by atoms with Gasteiger partial charge >= 0.3 is 6.09 Å². The Labute approximate surface area is 142 Å². The van der Waals surface area contributed by atoms with Crippen molar-refractivity contribution in [1.29, 1.82) is 0 Å². The maximum absolute atomic E-state index is 12.7. The first kappa shape index (κ1) is 18.7. The first-order valence-electron chi connectivity index (χ1n) is 7.86. The van der Waals surface area contributed by atoms with Crippen molar-refractivity contribution in [3.8, 4) is 0 Å². The predicted molar refractivity (Wildman–Crippen MR) is 90.3 cm³/mol. The van der Waals surface area contributed by atoms with Crippen molar-refractivity contribution in [2.24, 2.45) is 0 Å². The number of piperidine rings is 1. The molecule has 2 rings (SSSR count). The zero-order chi connectivity index (χ0) is 18.0. The molecule has 0 bridgehead atoms. The number of aliphatic hydroxyl groups excluding tert-OH is 1. The lowest BCUT2D eigenvalue weighted by molar-refractivity contribution is 0.0635. The van der Waals surface area contributed by atoms with E-state index in [1.54, 1.807) is 32.9 Å². The van der Waals surface area contributed by atoms with Crippen LogP contribution < -0.4 is 5.32 Å². The molecular formula is C16H24N2O5S. The van der Waals surface area contributed by atoms with Crippen LogP contribution in [0.15, 0.2) is 29.2 Å². The molecule has 0 aliphatic carbocycles. The molecule has 1 aliphatic heterocycles. The van der Waals surface area contributed by atoms with E-state index in [1.165, 1.54) is 16.4 Å². The molecule has 0 saturated carbocycles. The molecule has 0 atom stereocenters. The summed E-state index contributed by atoms with van der Waals surface area (Å²) in [5.74, 6) is 0. The number of nitrogens with one attached hydrogen (secondary N) is 1. The molecule has 24 heavy (non-hydrogen) atoms. The van der Waals surface area contributed by atoms with Crippen LogP contribution in [-0.2, 0) is 14.8 Å². The van der Waals surface area contributed by atoms with Crippen molar-refractivity contribution in [2.75, 3.05) is 18.4 Å². The maximum Gasteiger partial charge on any atom is 0.412 e. The second kappa shape index (κ2) is 7.08. The topological polar surface area (TPSA) is 95.9 Å². The Bertz CT molecular complexity index is 689. The number of ether oxygens (including phenoxy) is 1. The molecule has 8 heteroatoms. The highest BCUT2D eigenvalue weighted by Crippen LogP contribution is 2.23. The first-order chi connectivity index (χ1) is 11.1. The zero-order valence-corrected chi connectivity index (χ0v) is 15.0. The van der Waals surface area contributed by atoms with Crippen molar-refractivity contribution >= 4 is 21.8 Å². The van der Waals surface area contributed by atoms with Crippen molar-refractivity contribution in [3.63, 3.8) is 0 Å². The summed E-state index contributed by atoms with van der Waals surface area (Å²) in [5.41, 5.74) is -0.287. The van der Waals surface area contributed by atoms with Crippen LogP contribution in [0.1, 0.15) is 33.6 Å². The zero-order valence-electron chi connectivity index (χ0n) is 14.2. The number of rotatable bonds is 3. The number of aliphatic hydroxyl groups is 1. The third kappa shape index (κ3) is 4.93. The smallest absolute Gasteiger partial charge is 0.412 e. The highest BCUT2D eigenvalue weighted by atomic mass is 32.2. The van der Waals surface area contributed by atoms with Gasteiger partial charge in [0.25, 0.3) is 0 Å². The Morgan fingerprint density at radius 2 is 1.92 bits per heavy atom. The summed E-state index contributed by atoms with van der Waals surface area (Å²) in [5, 5.41) is 12.1. The van der Waals surface area contributed by atoms with E-state index in [9.17, 15) is 18.3 Å². The van der Waals surface area contributed by atoms with E-state index in [0.29, 0.717) is 18.5 Å². The van der Waals surface area contributed by atoms with Crippen LogP contribution >= 0.6 is 0 Å². The van der Waals surface area contributed by atoms with Gasteiger partial charge in [0.05, 0.1) is 11.0 Å². The fourth-order valence-electron chi connectivity index (χ4n) is 2.39.